The van der Waals surface area contributed by atoms with Gasteiger partial charge in [0.15, 0.2) is 0 Å². The van der Waals surface area contributed by atoms with Gasteiger partial charge in [-0.1, -0.05) is 6.07 Å². The molecule has 82 valence electrons. The molecule has 1 aromatic carbocycles. The van der Waals surface area contributed by atoms with Gasteiger partial charge in [0.1, 0.15) is 0 Å². The van der Waals surface area contributed by atoms with Gasteiger partial charge in [-0.3, -0.25) is 0 Å². The van der Waals surface area contributed by atoms with Gasteiger partial charge in [-0.05, 0) is 53.0 Å². The molecule has 1 unspecified atom stereocenters. The fourth-order valence-electron chi connectivity index (χ4n) is 2.06. The fraction of sp³-hybridized carbons (Fsp3) is 0.500. The highest BCUT2D eigenvalue weighted by atomic mass is 79.9. The van der Waals surface area contributed by atoms with Gasteiger partial charge in [0.2, 0.25) is 0 Å². The van der Waals surface area contributed by atoms with Crippen molar-refractivity contribution < 1.29 is 0 Å². The van der Waals surface area contributed by atoms with E-state index >= 15 is 0 Å². The molecular formula is C12H17BrN2. The molecule has 1 saturated heterocycles. The Morgan fingerprint density at radius 2 is 2.20 bits per heavy atom. The summed E-state index contributed by atoms with van der Waals surface area (Å²) in [5.74, 6) is 0. The van der Waals surface area contributed by atoms with E-state index in [9.17, 15) is 0 Å². The first-order chi connectivity index (χ1) is 7.18. The average molecular weight is 269 g/mol. The fourth-order valence-corrected chi connectivity index (χ4v) is 2.66. The summed E-state index contributed by atoms with van der Waals surface area (Å²) in [6, 6.07) is 7.18. The van der Waals surface area contributed by atoms with Crippen molar-refractivity contribution in [2.24, 2.45) is 0 Å². The number of nitrogens with one attached hydrogen (secondary N) is 1. The zero-order valence-electron chi connectivity index (χ0n) is 9.26. The van der Waals surface area contributed by atoms with Crippen LogP contribution in [0.2, 0.25) is 0 Å². The van der Waals surface area contributed by atoms with Crippen LogP contribution in [0.1, 0.15) is 24.4 Å². The molecule has 0 radical (unpaired) electrons. The Balaban J connectivity index is 2.29. The van der Waals surface area contributed by atoms with Crippen molar-refractivity contribution in [1.82, 2.24) is 5.32 Å². The van der Waals surface area contributed by atoms with Crippen LogP contribution in [-0.2, 0) is 0 Å². The number of hydrogen-bond acceptors (Lipinski definition) is 2. The third-order valence-corrected chi connectivity index (χ3v) is 3.59. The number of halogens is 1. The van der Waals surface area contributed by atoms with Crippen LogP contribution in [-0.4, -0.2) is 20.6 Å². The van der Waals surface area contributed by atoms with Crippen molar-refractivity contribution in [3.63, 3.8) is 0 Å². The average Bonchev–Trinajstić information content (AvgIpc) is 2.71. The molecule has 1 fully saturated rings. The highest BCUT2D eigenvalue weighted by Crippen LogP contribution is 2.31. The summed E-state index contributed by atoms with van der Waals surface area (Å²) in [5.41, 5.74) is 2.65. The first-order valence-electron chi connectivity index (χ1n) is 5.38. The minimum absolute atomic E-state index is 0.553. The van der Waals surface area contributed by atoms with E-state index in [0.29, 0.717) is 6.04 Å². The number of nitrogens with zero attached hydrogens (tertiary/aromatic N) is 1. The highest BCUT2D eigenvalue weighted by molar-refractivity contribution is 9.10. The third-order valence-electron chi connectivity index (χ3n) is 2.91. The Labute approximate surface area is 99.8 Å². The maximum atomic E-state index is 3.58. The lowest BCUT2D eigenvalue weighted by Gasteiger charge is -2.18. The van der Waals surface area contributed by atoms with Crippen LogP contribution in [0.15, 0.2) is 22.7 Å². The minimum atomic E-state index is 0.553. The lowest BCUT2D eigenvalue weighted by molar-refractivity contribution is 0.647. The first-order valence-corrected chi connectivity index (χ1v) is 6.18. The molecule has 2 nitrogen and oxygen atoms in total. The molecule has 1 atom stereocenters. The molecule has 0 amide bonds. The van der Waals surface area contributed by atoms with Crippen LogP contribution in [0.5, 0.6) is 0 Å². The van der Waals surface area contributed by atoms with E-state index in [1.807, 2.05) is 0 Å². The normalized spacial score (nSPS) is 20.6. The van der Waals surface area contributed by atoms with E-state index in [0.717, 1.165) is 11.0 Å². The Kier molecular flexibility index (Phi) is 3.32. The van der Waals surface area contributed by atoms with E-state index in [-0.39, 0.29) is 0 Å². The molecule has 1 aliphatic heterocycles. The van der Waals surface area contributed by atoms with E-state index in [2.05, 4.69) is 58.4 Å². The molecule has 0 aliphatic carbocycles. The molecule has 2 rings (SSSR count). The van der Waals surface area contributed by atoms with Crippen LogP contribution >= 0.6 is 15.9 Å². The van der Waals surface area contributed by atoms with Gasteiger partial charge in [0.25, 0.3) is 0 Å². The van der Waals surface area contributed by atoms with Gasteiger partial charge in [-0.2, -0.15) is 0 Å². The molecule has 0 bridgehead atoms. The summed E-state index contributed by atoms with van der Waals surface area (Å²) in [5, 5.41) is 3.52. The molecule has 1 heterocycles. The predicted octanol–water partition coefficient (Wildman–Crippen LogP) is 2.94. The Morgan fingerprint density at radius 1 is 1.40 bits per heavy atom. The Bertz CT molecular complexity index is 343. The van der Waals surface area contributed by atoms with Crippen molar-refractivity contribution in [2.75, 3.05) is 25.5 Å². The van der Waals surface area contributed by atoms with Crippen molar-refractivity contribution in [2.45, 2.75) is 18.9 Å². The first kappa shape index (κ1) is 11.0. The van der Waals surface area contributed by atoms with Gasteiger partial charge < -0.3 is 10.2 Å². The minimum Gasteiger partial charge on any atom is -0.377 e. The SMILES string of the molecule is CN(C)c1cc(C2CCCN2)ccc1Br. The summed E-state index contributed by atoms with van der Waals surface area (Å²) < 4.78 is 1.16. The number of hydrogen-bond donors (Lipinski definition) is 1. The van der Waals surface area contributed by atoms with Gasteiger partial charge in [-0.15, -0.1) is 0 Å². The van der Waals surface area contributed by atoms with E-state index in [1.165, 1.54) is 24.1 Å². The van der Waals surface area contributed by atoms with Gasteiger partial charge in [0.05, 0.1) is 5.69 Å². The van der Waals surface area contributed by atoms with Gasteiger partial charge in [0, 0.05) is 24.6 Å². The summed E-state index contributed by atoms with van der Waals surface area (Å²) >= 11 is 3.58. The maximum absolute atomic E-state index is 3.58. The summed E-state index contributed by atoms with van der Waals surface area (Å²) in [6.07, 6.45) is 2.55. The number of anilines is 1. The molecular weight excluding hydrogens is 252 g/mol. The van der Waals surface area contributed by atoms with E-state index < -0.39 is 0 Å². The van der Waals surface area contributed by atoms with Gasteiger partial charge in [-0.25, -0.2) is 0 Å². The zero-order valence-corrected chi connectivity index (χ0v) is 10.8. The largest absolute Gasteiger partial charge is 0.377 e. The van der Waals surface area contributed by atoms with Crippen molar-refractivity contribution in [3.8, 4) is 0 Å². The van der Waals surface area contributed by atoms with E-state index in [1.54, 1.807) is 0 Å². The van der Waals surface area contributed by atoms with Crippen LogP contribution in [0.25, 0.3) is 0 Å². The highest BCUT2D eigenvalue weighted by Gasteiger charge is 2.17. The zero-order chi connectivity index (χ0) is 10.8. The van der Waals surface area contributed by atoms with Crippen molar-refractivity contribution in [3.05, 3.63) is 28.2 Å². The third kappa shape index (κ3) is 2.34. The summed E-state index contributed by atoms with van der Waals surface area (Å²) in [7, 11) is 4.15. The number of benzene rings is 1. The smallest absolute Gasteiger partial charge is 0.0508 e. The predicted molar refractivity (Wildman–Crippen MR) is 68.4 cm³/mol. The molecule has 1 aromatic rings. The van der Waals surface area contributed by atoms with Crippen LogP contribution in [0.4, 0.5) is 5.69 Å². The standard InChI is InChI=1S/C12H17BrN2/c1-15(2)12-8-9(5-6-10(12)13)11-4-3-7-14-11/h5-6,8,11,14H,3-4,7H2,1-2H3. The van der Waals surface area contributed by atoms with Crippen molar-refractivity contribution in [1.29, 1.82) is 0 Å². The number of rotatable bonds is 2. The van der Waals surface area contributed by atoms with Crippen molar-refractivity contribution >= 4 is 21.6 Å². The molecule has 0 spiro atoms. The monoisotopic (exact) mass is 268 g/mol. The maximum Gasteiger partial charge on any atom is 0.0508 e. The van der Waals surface area contributed by atoms with Crippen LogP contribution in [0.3, 0.4) is 0 Å². The second kappa shape index (κ2) is 4.54. The molecule has 1 N–H and O–H groups in total. The second-order valence-electron chi connectivity index (χ2n) is 4.25. The molecule has 0 saturated carbocycles. The molecule has 0 aromatic heterocycles. The molecule has 1 aliphatic rings. The topological polar surface area (TPSA) is 15.3 Å². The second-order valence-corrected chi connectivity index (χ2v) is 5.11. The Morgan fingerprint density at radius 3 is 2.80 bits per heavy atom. The summed E-state index contributed by atoms with van der Waals surface area (Å²) in [4.78, 5) is 2.14. The quantitative estimate of drug-likeness (QED) is 0.888. The molecule has 15 heavy (non-hydrogen) atoms. The molecule has 3 heteroatoms. The van der Waals surface area contributed by atoms with Gasteiger partial charge >= 0.3 is 0 Å². The van der Waals surface area contributed by atoms with Crippen LogP contribution in [0, 0.1) is 0 Å². The lowest BCUT2D eigenvalue weighted by Crippen LogP contribution is -2.14. The lowest BCUT2D eigenvalue weighted by atomic mass is 10.0. The van der Waals surface area contributed by atoms with Crippen LogP contribution < -0.4 is 10.2 Å². The van der Waals surface area contributed by atoms with E-state index in [4.69, 9.17) is 0 Å². The summed E-state index contributed by atoms with van der Waals surface area (Å²) in [6.45, 7) is 1.15. The Hall–Kier alpha value is -0.540.